The van der Waals surface area contributed by atoms with Gasteiger partial charge in [-0.1, -0.05) is 18.2 Å². The van der Waals surface area contributed by atoms with Gasteiger partial charge in [-0.25, -0.2) is 17.7 Å². The van der Waals surface area contributed by atoms with Gasteiger partial charge in [-0.3, -0.25) is 9.69 Å². The van der Waals surface area contributed by atoms with E-state index in [1.165, 1.54) is 24.9 Å². The molecule has 4 rings (SSSR count). The number of amides is 1. The van der Waals surface area contributed by atoms with Gasteiger partial charge in [-0.05, 0) is 43.7 Å². The van der Waals surface area contributed by atoms with Crippen molar-refractivity contribution >= 4 is 37.5 Å². The van der Waals surface area contributed by atoms with Crippen molar-refractivity contribution in [2.75, 3.05) is 40.3 Å². The maximum Gasteiger partial charge on any atom is 0.254 e. The van der Waals surface area contributed by atoms with Gasteiger partial charge in [0.1, 0.15) is 5.01 Å². The standard InChI is InChI=1S/C23H28N4O3S2/c1-16-9-10-18(32(29,30)25(3)4)15-19(16)23(28)27-13-11-26(12-14-27)17(2)22-24-20-7-5-6-8-21(20)31-22/h5-10,15,17H,11-14H2,1-4H3/t17-/m0/s1. The van der Waals surface area contributed by atoms with Gasteiger partial charge in [-0.2, -0.15) is 0 Å². The Balaban J connectivity index is 1.47. The molecule has 0 radical (unpaired) electrons. The lowest BCUT2D eigenvalue weighted by atomic mass is 10.1. The Morgan fingerprint density at radius 2 is 1.78 bits per heavy atom. The first kappa shape index (κ1) is 22.8. The highest BCUT2D eigenvalue weighted by Crippen LogP contribution is 2.30. The molecule has 9 heteroatoms. The fourth-order valence-corrected chi connectivity index (χ4v) is 5.89. The number of benzene rings is 2. The molecule has 1 aromatic heterocycles. The molecular formula is C23H28N4O3S2. The average molecular weight is 473 g/mol. The molecule has 1 amide bonds. The van der Waals surface area contributed by atoms with Gasteiger partial charge in [0.25, 0.3) is 5.91 Å². The quantitative estimate of drug-likeness (QED) is 0.569. The molecule has 170 valence electrons. The van der Waals surface area contributed by atoms with Crippen LogP contribution in [-0.4, -0.2) is 73.7 Å². The lowest BCUT2D eigenvalue weighted by Crippen LogP contribution is -2.49. The summed E-state index contributed by atoms with van der Waals surface area (Å²) in [4.78, 5) is 22.3. The van der Waals surface area contributed by atoms with E-state index in [-0.39, 0.29) is 16.8 Å². The van der Waals surface area contributed by atoms with Crippen LogP contribution in [0.15, 0.2) is 47.4 Å². The van der Waals surface area contributed by atoms with Gasteiger partial charge >= 0.3 is 0 Å². The Morgan fingerprint density at radius 3 is 2.44 bits per heavy atom. The normalized spacial score (nSPS) is 16.6. The van der Waals surface area contributed by atoms with Crippen molar-refractivity contribution in [3.63, 3.8) is 0 Å². The van der Waals surface area contributed by atoms with Crippen LogP contribution in [0.4, 0.5) is 0 Å². The highest BCUT2D eigenvalue weighted by molar-refractivity contribution is 7.89. The van der Waals surface area contributed by atoms with Crippen LogP contribution in [0, 0.1) is 6.92 Å². The fourth-order valence-electron chi connectivity index (χ4n) is 3.91. The molecule has 1 fully saturated rings. The Morgan fingerprint density at radius 1 is 1.09 bits per heavy atom. The SMILES string of the molecule is Cc1ccc(S(=O)(=O)N(C)C)cc1C(=O)N1CCN([C@@H](C)c2nc3ccccc3s2)CC1. The fraction of sp³-hybridized carbons (Fsp3) is 0.391. The van der Waals surface area contributed by atoms with Crippen molar-refractivity contribution in [2.45, 2.75) is 24.8 Å². The van der Waals surface area contributed by atoms with Gasteiger partial charge < -0.3 is 4.90 Å². The van der Waals surface area contributed by atoms with Gasteiger partial charge in [-0.15, -0.1) is 11.3 Å². The van der Waals surface area contributed by atoms with E-state index < -0.39 is 10.0 Å². The van der Waals surface area contributed by atoms with E-state index >= 15 is 0 Å². The number of para-hydroxylation sites is 1. The maximum absolute atomic E-state index is 13.2. The van der Waals surface area contributed by atoms with Crippen molar-refractivity contribution in [2.24, 2.45) is 0 Å². The van der Waals surface area contributed by atoms with Crippen molar-refractivity contribution in [1.82, 2.24) is 19.1 Å². The van der Waals surface area contributed by atoms with E-state index in [1.807, 2.05) is 30.0 Å². The van der Waals surface area contributed by atoms with Gasteiger partial charge in [0.15, 0.2) is 0 Å². The number of carbonyl (C=O) groups excluding carboxylic acids is 1. The second-order valence-corrected chi connectivity index (χ2v) is 11.5. The van der Waals surface area contributed by atoms with Crippen LogP contribution in [0.1, 0.15) is 33.9 Å². The predicted molar refractivity (Wildman–Crippen MR) is 128 cm³/mol. The second kappa shape index (κ2) is 8.90. The van der Waals surface area contributed by atoms with Gasteiger partial charge in [0.2, 0.25) is 10.0 Å². The molecule has 0 aliphatic carbocycles. The lowest BCUT2D eigenvalue weighted by Gasteiger charge is -2.37. The summed E-state index contributed by atoms with van der Waals surface area (Å²) in [5.74, 6) is -0.120. The summed E-state index contributed by atoms with van der Waals surface area (Å²) in [5, 5.41) is 1.09. The molecule has 32 heavy (non-hydrogen) atoms. The minimum absolute atomic E-state index is 0.120. The number of rotatable bonds is 5. The van der Waals surface area contributed by atoms with E-state index in [0.717, 1.165) is 33.5 Å². The molecule has 0 unspecified atom stereocenters. The number of nitrogens with zero attached hydrogens (tertiary/aromatic N) is 4. The van der Waals surface area contributed by atoms with Crippen molar-refractivity contribution in [1.29, 1.82) is 0 Å². The Bertz CT molecular complexity index is 1210. The molecule has 1 aliphatic heterocycles. The predicted octanol–water partition coefficient (Wildman–Crippen LogP) is 3.37. The van der Waals surface area contributed by atoms with E-state index in [9.17, 15) is 13.2 Å². The van der Waals surface area contributed by atoms with Crippen molar-refractivity contribution in [3.05, 3.63) is 58.6 Å². The summed E-state index contributed by atoms with van der Waals surface area (Å²) in [6, 6.07) is 13.1. The van der Waals surface area contributed by atoms with E-state index in [1.54, 1.807) is 23.5 Å². The van der Waals surface area contributed by atoms with E-state index in [2.05, 4.69) is 17.9 Å². The van der Waals surface area contributed by atoms with Crippen LogP contribution < -0.4 is 0 Å². The first-order valence-corrected chi connectivity index (χ1v) is 12.9. The zero-order valence-corrected chi connectivity index (χ0v) is 20.4. The molecule has 0 N–H and O–H groups in total. The van der Waals surface area contributed by atoms with Crippen molar-refractivity contribution in [3.8, 4) is 0 Å². The minimum atomic E-state index is -3.59. The third kappa shape index (κ3) is 4.30. The number of thiazole rings is 1. The lowest BCUT2D eigenvalue weighted by molar-refractivity contribution is 0.0581. The van der Waals surface area contributed by atoms with Crippen LogP contribution in [-0.2, 0) is 10.0 Å². The molecule has 1 atom stereocenters. The third-order valence-electron chi connectivity index (χ3n) is 6.04. The highest BCUT2D eigenvalue weighted by Gasteiger charge is 2.28. The molecule has 0 spiro atoms. The maximum atomic E-state index is 13.2. The number of hydrogen-bond donors (Lipinski definition) is 0. The molecule has 7 nitrogen and oxygen atoms in total. The summed E-state index contributed by atoms with van der Waals surface area (Å²) >= 11 is 1.72. The topological polar surface area (TPSA) is 73.8 Å². The van der Waals surface area contributed by atoms with Crippen LogP contribution in [0.2, 0.25) is 0 Å². The molecular weight excluding hydrogens is 444 g/mol. The molecule has 0 bridgehead atoms. The number of carbonyl (C=O) groups is 1. The summed E-state index contributed by atoms with van der Waals surface area (Å²) in [7, 11) is -0.616. The van der Waals surface area contributed by atoms with Crippen LogP contribution in [0.5, 0.6) is 0 Å². The average Bonchev–Trinajstić information content (AvgIpc) is 3.22. The van der Waals surface area contributed by atoms with E-state index in [0.29, 0.717) is 18.7 Å². The number of aryl methyl sites for hydroxylation is 1. The summed E-state index contributed by atoms with van der Waals surface area (Å²) in [6.07, 6.45) is 0. The number of aromatic nitrogens is 1. The zero-order valence-electron chi connectivity index (χ0n) is 18.8. The number of fused-ring (bicyclic) bond motifs is 1. The van der Waals surface area contributed by atoms with E-state index in [4.69, 9.17) is 4.98 Å². The molecule has 2 heterocycles. The Hall–Kier alpha value is -2.33. The first-order valence-electron chi connectivity index (χ1n) is 10.6. The number of hydrogen-bond acceptors (Lipinski definition) is 6. The largest absolute Gasteiger partial charge is 0.336 e. The number of piperazine rings is 1. The smallest absolute Gasteiger partial charge is 0.254 e. The minimum Gasteiger partial charge on any atom is -0.336 e. The molecule has 1 saturated heterocycles. The second-order valence-electron chi connectivity index (χ2n) is 8.29. The summed E-state index contributed by atoms with van der Waals surface area (Å²) < 4.78 is 27.3. The van der Waals surface area contributed by atoms with Gasteiger partial charge in [0.05, 0.1) is 21.2 Å². The van der Waals surface area contributed by atoms with Crippen LogP contribution in [0.25, 0.3) is 10.2 Å². The first-order chi connectivity index (χ1) is 15.2. The highest BCUT2D eigenvalue weighted by atomic mass is 32.2. The van der Waals surface area contributed by atoms with Crippen LogP contribution in [0.3, 0.4) is 0 Å². The van der Waals surface area contributed by atoms with Crippen LogP contribution >= 0.6 is 11.3 Å². The number of sulfonamides is 1. The molecule has 0 saturated carbocycles. The molecule has 1 aliphatic rings. The Labute approximate surface area is 193 Å². The molecule has 3 aromatic rings. The zero-order chi connectivity index (χ0) is 23.0. The van der Waals surface area contributed by atoms with Crippen molar-refractivity contribution < 1.29 is 13.2 Å². The molecule has 2 aromatic carbocycles. The Kier molecular flexibility index (Phi) is 6.35. The third-order valence-corrected chi connectivity index (χ3v) is 9.05. The summed E-state index contributed by atoms with van der Waals surface area (Å²) in [5.41, 5.74) is 2.25. The monoisotopic (exact) mass is 472 g/mol. The van der Waals surface area contributed by atoms with Gasteiger partial charge in [0, 0.05) is 45.8 Å². The summed E-state index contributed by atoms with van der Waals surface area (Å²) in [6.45, 7) is 6.69.